The molecule has 4 rings (SSSR count). The van der Waals surface area contributed by atoms with Gasteiger partial charge in [-0.3, -0.25) is 0 Å². The van der Waals surface area contributed by atoms with E-state index >= 15 is 0 Å². The average molecular weight is 281 g/mol. The minimum atomic E-state index is -0.0139. The number of ether oxygens (including phenoxy) is 2. The molecule has 0 saturated carbocycles. The maximum absolute atomic E-state index is 6.45. The van der Waals surface area contributed by atoms with Crippen LogP contribution in [0.15, 0.2) is 42.5 Å². The Morgan fingerprint density at radius 3 is 2.81 bits per heavy atom. The number of benzene rings is 2. The van der Waals surface area contributed by atoms with Gasteiger partial charge in [0.1, 0.15) is 13.2 Å². The van der Waals surface area contributed by atoms with Crippen molar-refractivity contribution in [3.63, 3.8) is 0 Å². The standard InChI is InChI=1S/C18H19NO2/c19-16(11-13-10-12-4-1-2-5-14(12)13)15-6-3-7-17-18(15)21-9-8-20-17/h1-7,13,16H,8-11,19H2. The van der Waals surface area contributed by atoms with Crippen LogP contribution in [-0.4, -0.2) is 13.2 Å². The number of hydrogen-bond acceptors (Lipinski definition) is 3. The number of para-hydroxylation sites is 1. The normalized spacial score (nSPS) is 20.3. The molecular weight excluding hydrogens is 262 g/mol. The van der Waals surface area contributed by atoms with E-state index in [0.29, 0.717) is 19.1 Å². The van der Waals surface area contributed by atoms with Crippen LogP contribution in [0.4, 0.5) is 0 Å². The molecule has 2 aliphatic rings. The summed E-state index contributed by atoms with van der Waals surface area (Å²) in [5.41, 5.74) is 10.4. The fourth-order valence-corrected chi connectivity index (χ4v) is 3.39. The lowest BCUT2D eigenvalue weighted by molar-refractivity contribution is 0.169. The highest BCUT2D eigenvalue weighted by atomic mass is 16.6. The molecule has 2 aromatic carbocycles. The molecular formula is C18H19NO2. The van der Waals surface area contributed by atoms with Crippen LogP contribution in [0, 0.1) is 0 Å². The topological polar surface area (TPSA) is 44.5 Å². The van der Waals surface area contributed by atoms with Crippen LogP contribution >= 0.6 is 0 Å². The van der Waals surface area contributed by atoms with Crippen molar-refractivity contribution in [3.8, 4) is 11.5 Å². The number of nitrogens with two attached hydrogens (primary N) is 1. The Bertz CT molecular complexity index is 668. The van der Waals surface area contributed by atoms with E-state index in [-0.39, 0.29) is 6.04 Å². The molecule has 0 bridgehead atoms. The molecule has 2 unspecified atom stereocenters. The molecule has 0 fully saturated rings. The highest BCUT2D eigenvalue weighted by Crippen LogP contribution is 2.43. The summed E-state index contributed by atoms with van der Waals surface area (Å²) >= 11 is 0. The second-order valence-corrected chi connectivity index (χ2v) is 5.81. The third-order valence-electron chi connectivity index (χ3n) is 4.50. The zero-order valence-electron chi connectivity index (χ0n) is 11.9. The Hall–Kier alpha value is -2.00. The van der Waals surface area contributed by atoms with Crippen molar-refractivity contribution in [2.45, 2.75) is 24.8 Å². The van der Waals surface area contributed by atoms with Crippen molar-refractivity contribution in [2.24, 2.45) is 5.73 Å². The van der Waals surface area contributed by atoms with Crippen molar-refractivity contribution < 1.29 is 9.47 Å². The minimum absolute atomic E-state index is 0.0139. The monoisotopic (exact) mass is 281 g/mol. The van der Waals surface area contributed by atoms with E-state index in [1.807, 2.05) is 12.1 Å². The van der Waals surface area contributed by atoms with Gasteiger partial charge in [0.15, 0.2) is 11.5 Å². The largest absolute Gasteiger partial charge is 0.486 e. The first-order chi connectivity index (χ1) is 10.3. The third-order valence-corrected chi connectivity index (χ3v) is 4.50. The molecule has 21 heavy (non-hydrogen) atoms. The van der Waals surface area contributed by atoms with Crippen molar-refractivity contribution in [3.05, 3.63) is 59.2 Å². The predicted molar refractivity (Wildman–Crippen MR) is 81.9 cm³/mol. The number of rotatable bonds is 3. The van der Waals surface area contributed by atoms with Gasteiger partial charge < -0.3 is 15.2 Å². The van der Waals surface area contributed by atoms with Crippen LogP contribution in [0.2, 0.25) is 0 Å². The Labute approximate surface area is 124 Å². The summed E-state index contributed by atoms with van der Waals surface area (Å²) in [4.78, 5) is 0. The van der Waals surface area contributed by atoms with Gasteiger partial charge in [-0.05, 0) is 36.0 Å². The van der Waals surface area contributed by atoms with Gasteiger partial charge in [-0.1, -0.05) is 36.4 Å². The van der Waals surface area contributed by atoms with Crippen molar-refractivity contribution in [1.29, 1.82) is 0 Å². The number of hydrogen-bond donors (Lipinski definition) is 1. The van der Waals surface area contributed by atoms with Gasteiger partial charge in [-0.2, -0.15) is 0 Å². The van der Waals surface area contributed by atoms with Crippen LogP contribution < -0.4 is 15.2 Å². The zero-order chi connectivity index (χ0) is 14.2. The fourth-order valence-electron chi connectivity index (χ4n) is 3.39. The highest BCUT2D eigenvalue weighted by molar-refractivity contribution is 5.49. The van der Waals surface area contributed by atoms with Crippen LogP contribution in [0.5, 0.6) is 11.5 Å². The van der Waals surface area contributed by atoms with E-state index in [9.17, 15) is 0 Å². The average Bonchev–Trinajstić information content (AvgIpc) is 2.52. The molecule has 1 aliphatic carbocycles. The second-order valence-electron chi connectivity index (χ2n) is 5.81. The van der Waals surface area contributed by atoms with E-state index in [0.717, 1.165) is 29.9 Å². The summed E-state index contributed by atoms with van der Waals surface area (Å²) in [7, 11) is 0. The van der Waals surface area contributed by atoms with E-state index in [1.165, 1.54) is 11.1 Å². The molecule has 3 heteroatoms. The molecule has 0 saturated heterocycles. The van der Waals surface area contributed by atoms with Gasteiger partial charge in [0, 0.05) is 11.6 Å². The first-order valence-electron chi connectivity index (χ1n) is 7.55. The van der Waals surface area contributed by atoms with Gasteiger partial charge >= 0.3 is 0 Å². The predicted octanol–water partition coefficient (Wildman–Crippen LogP) is 3.19. The Kier molecular flexibility index (Phi) is 3.08. The summed E-state index contributed by atoms with van der Waals surface area (Å²) < 4.78 is 11.4. The molecule has 1 heterocycles. The smallest absolute Gasteiger partial charge is 0.166 e. The van der Waals surface area contributed by atoms with Gasteiger partial charge in [0.05, 0.1) is 0 Å². The highest BCUT2D eigenvalue weighted by Gasteiger charge is 2.29. The van der Waals surface area contributed by atoms with Gasteiger partial charge in [0.25, 0.3) is 0 Å². The van der Waals surface area contributed by atoms with Gasteiger partial charge in [-0.15, -0.1) is 0 Å². The molecule has 0 aromatic heterocycles. The maximum atomic E-state index is 6.45. The van der Waals surface area contributed by atoms with E-state index in [4.69, 9.17) is 15.2 Å². The first kappa shape index (κ1) is 12.7. The summed E-state index contributed by atoms with van der Waals surface area (Å²) in [6.45, 7) is 1.21. The zero-order valence-corrected chi connectivity index (χ0v) is 11.9. The molecule has 3 nitrogen and oxygen atoms in total. The van der Waals surface area contributed by atoms with Crippen LogP contribution in [-0.2, 0) is 6.42 Å². The van der Waals surface area contributed by atoms with Crippen LogP contribution in [0.3, 0.4) is 0 Å². The van der Waals surface area contributed by atoms with E-state index in [2.05, 4.69) is 30.3 Å². The molecule has 108 valence electrons. The molecule has 0 amide bonds. The SMILES string of the molecule is NC(CC1Cc2ccccc21)c1cccc2c1OCCO2. The summed E-state index contributed by atoms with van der Waals surface area (Å²) in [6.07, 6.45) is 2.09. The minimum Gasteiger partial charge on any atom is -0.486 e. The molecule has 2 N–H and O–H groups in total. The molecule has 2 atom stereocenters. The Morgan fingerprint density at radius 1 is 1.05 bits per heavy atom. The quantitative estimate of drug-likeness (QED) is 0.939. The molecule has 0 radical (unpaired) electrons. The first-order valence-corrected chi connectivity index (χ1v) is 7.55. The second kappa shape index (κ2) is 5.08. The van der Waals surface area contributed by atoms with E-state index < -0.39 is 0 Å². The molecule has 0 spiro atoms. The fraction of sp³-hybridized carbons (Fsp3) is 0.333. The maximum Gasteiger partial charge on any atom is 0.166 e. The van der Waals surface area contributed by atoms with Crippen LogP contribution in [0.1, 0.15) is 35.1 Å². The van der Waals surface area contributed by atoms with Gasteiger partial charge in [-0.25, -0.2) is 0 Å². The lowest BCUT2D eigenvalue weighted by Crippen LogP contribution is -2.24. The van der Waals surface area contributed by atoms with Crippen molar-refractivity contribution in [2.75, 3.05) is 13.2 Å². The third kappa shape index (κ3) is 2.18. The molecule has 1 aliphatic heterocycles. The summed E-state index contributed by atoms with van der Waals surface area (Å²) in [5, 5.41) is 0. The Morgan fingerprint density at radius 2 is 1.90 bits per heavy atom. The number of fused-ring (bicyclic) bond motifs is 2. The lowest BCUT2D eigenvalue weighted by atomic mass is 9.74. The van der Waals surface area contributed by atoms with Gasteiger partial charge in [0.2, 0.25) is 0 Å². The Balaban J connectivity index is 1.55. The van der Waals surface area contributed by atoms with Crippen molar-refractivity contribution in [1.82, 2.24) is 0 Å². The summed E-state index contributed by atoms with van der Waals surface area (Å²) in [6, 6.07) is 14.6. The lowest BCUT2D eigenvalue weighted by Gasteiger charge is -2.33. The summed E-state index contributed by atoms with van der Waals surface area (Å²) in [5.74, 6) is 2.23. The van der Waals surface area contributed by atoms with E-state index in [1.54, 1.807) is 0 Å². The van der Waals surface area contributed by atoms with Crippen molar-refractivity contribution >= 4 is 0 Å². The molecule has 2 aromatic rings. The van der Waals surface area contributed by atoms with Crippen LogP contribution in [0.25, 0.3) is 0 Å².